The zero-order valence-corrected chi connectivity index (χ0v) is 10.8. The molecular formula is C10H12BrNO2S. The van der Waals surface area contributed by atoms with Crippen molar-refractivity contribution in [2.24, 2.45) is 0 Å². The van der Waals surface area contributed by atoms with E-state index in [1.807, 2.05) is 16.3 Å². The fourth-order valence-electron chi connectivity index (χ4n) is 1.80. The first-order valence-corrected chi connectivity index (χ1v) is 6.36. The highest BCUT2D eigenvalue weighted by Crippen LogP contribution is 2.25. The summed E-state index contributed by atoms with van der Waals surface area (Å²) in [5.74, 6) is 0.118. The van der Waals surface area contributed by atoms with Gasteiger partial charge in [0, 0.05) is 17.6 Å². The molecule has 15 heavy (non-hydrogen) atoms. The summed E-state index contributed by atoms with van der Waals surface area (Å²) in [6.07, 6.45) is 0. The van der Waals surface area contributed by atoms with E-state index in [2.05, 4.69) is 15.9 Å². The number of hydrogen-bond donors (Lipinski definition) is 1. The van der Waals surface area contributed by atoms with Crippen LogP contribution in [-0.4, -0.2) is 41.0 Å². The number of β-amino-alcohol motifs (C(OH)–C–C–N with tert-alkyl or cyclic N) is 1. The fraction of sp³-hybridized carbons (Fsp3) is 0.500. The maximum Gasteiger partial charge on any atom is 0.187 e. The number of aliphatic hydroxyl groups is 1. The molecule has 1 aromatic rings. The lowest BCUT2D eigenvalue weighted by Crippen LogP contribution is -2.60. The maximum absolute atomic E-state index is 11.8. The summed E-state index contributed by atoms with van der Waals surface area (Å²) in [6.45, 7) is 3.35. The molecule has 1 aromatic heterocycles. The third kappa shape index (κ3) is 2.47. The van der Waals surface area contributed by atoms with Crippen molar-refractivity contribution < 1.29 is 9.90 Å². The molecule has 5 heteroatoms. The number of ketones is 1. The van der Waals surface area contributed by atoms with Gasteiger partial charge in [0.2, 0.25) is 0 Å². The summed E-state index contributed by atoms with van der Waals surface area (Å²) in [4.78, 5) is 14.5. The first-order chi connectivity index (χ1) is 6.98. The highest BCUT2D eigenvalue weighted by atomic mass is 79.9. The molecule has 82 valence electrons. The number of carbonyl (C=O) groups is 1. The number of Topliss-reactive ketones (excluding diaryl/α,β-unsaturated/α-hetero) is 1. The normalized spacial score (nSPS) is 19.9. The maximum atomic E-state index is 11.8. The summed E-state index contributed by atoms with van der Waals surface area (Å²) in [5.41, 5.74) is -0.604. The number of carbonyl (C=O) groups excluding carboxylic acids is 1. The van der Waals surface area contributed by atoms with Crippen LogP contribution >= 0.6 is 27.3 Å². The Labute approximate surface area is 101 Å². The Hall–Kier alpha value is -0.230. The second-order valence-electron chi connectivity index (χ2n) is 4.16. The van der Waals surface area contributed by atoms with Gasteiger partial charge >= 0.3 is 0 Å². The van der Waals surface area contributed by atoms with Gasteiger partial charge in [0.05, 0.1) is 17.0 Å². The SMILES string of the molecule is CC1(O)CN(CC(=O)c2sccc2Br)C1. The molecule has 2 heterocycles. The molecule has 0 bridgehead atoms. The molecule has 1 N–H and O–H groups in total. The predicted octanol–water partition coefficient (Wildman–Crippen LogP) is 1.76. The van der Waals surface area contributed by atoms with E-state index in [1.54, 1.807) is 6.92 Å². The van der Waals surface area contributed by atoms with Crippen LogP contribution in [0.2, 0.25) is 0 Å². The molecule has 0 aromatic carbocycles. The van der Waals surface area contributed by atoms with E-state index in [9.17, 15) is 9.90 Å². The van der Waals surface area contributed by atoms with Crippen LogP contribution in [0.15, 0.2) is 15.9 Å². The molecule has 1 aliphatic heterocycles. The average Bonchev–Trinajstić information content (AvgIpc) is 2.47. The minimum absolute atomic E-state index is 0.118. The number of hydrogen-bond acceptors (Lipinski definition) is 4. The van der Waals surface area contributed by atoms with E-state index in [0.717, 1.165) is 9.35 Å². The molecule has 1 aliphatic rings. The Morgan fingerprint density at radius 2 is 2.40 bits per heavy atom. The van der Waals surface area contributed by atoms with Crippen LogP contribution < -0.4 is 0 Å². The van der Waals surface area contributed by atoms with Crippen LogP contribution in [0.1, 0.15) is 16.6 Å². The molecule has 2 rings (SSSR count). The highest BCUT2D eigenvalue weighted by Gasteiger charge is 2.37. The van der Waals surface area contributed by atoms with Crippen molar-refractivity contribution in [2.75, 3.05) is 19.6 Å². The van der Waals surface area contributed by atoms with Gasteiger partial charge in [-0.15, -0.1) is 11.3 Å². The van der Waals surface area contributed by atoms with Crippen molar-refractivity contribution in [2.45, 2.75) is 12.5 Å². The van der Waals surface area contributed by atoms with Gasteiger partial charge in [0.25, 0.3) is 0 Å². The smallest absolute Gasteiger partial charge is 0.187 e. The van der Waals surface area contributed by atoms with Gasteiger partial charge in [-0.05, 0) is 34.3 Å². The number of rotatable bonds is 3. The summed E-state index contributed by atoms with van der Waals surface area (Å²) in [5, 5.41) is 11.4. The van der Waals surface area contributed by atoms with Crippen molar-refractivity contribution in [1.29, 1.82) is 0 Å². The Balaban J connectivity index is 1.92. The zero-order valence-electron chi connectivity index (χ0n) is 8.36. The van der Waals surface area contributed by atoms with E-state index in [-0.39, 0.29) is 5.78 Å². The molecule has 1 fully saturated rings. The molecule has 0 unspecified atom stereocenters. The molecule has 0 radical (unpaired) electrons. The summed E-state index contributed by atoms with van der Waals surface area (Å²) >= 11 is 4.79. The topological polar surface area (TPSA) is 40.5 Å². The number of nitrogens with zero attached hydrogens (tertiary/aromatic N) is 1. The van der Waals surface area contributed by atoms with Gasteiger partial charge in [-0.1, -0.05) is 0 Å². The van der Waals surface area contributed by atoms with Crippen LogP contribution in [-0.2, 0) is 0 Å². The zero-order chi connectivity index (χ0) is 11.1. The largest absolute Gasteiger partial charge is 0.388 e. The molecule has 0 aliphatic carbocycles. The van der Waals surface area contributed by atoms with Crippen LogP contribution in [0.25, 0.3) is 0 Å². The van der Waals surface area contributed by atoms with Crippen molar-refractivity contribution in [3.8, 4) is 0 Å². The minimum Gasteiger partial charge on any atom is -0.388 e. The van der Waals surface area contributed by atoms with E-state index in [0.29, 0.717) is 19.6 Å². The van der Waals surface area contributed by atoms with Crippen molar-refractivity contribution in [3.05, 3.63) is 20.8 Å². The Morgan fingerprint density at radius 3 is 2.87 bits per heavy atom. The molecule has 3 nitrogen and oxygen atoms in total. The van der Waals surface area contributed by atoms with E-state index in [1.165, 1.54) is 11.3 Å². The lowest BCUT2D eigenvalue weighted by Gasteiger charge is -2.43. The molecular weight excluding hydrogens is 278 g/mol. The highest BCUT2D eigenvalue weighted by molar-refractivity contribution is 9.10. The van der Waals surface area contributed by atoms with Gasteiger partial charge in [0.1, 0.15) is 0 Å². The van der Waals surface area contributed by atoms with Gasteiger partial charge in [-0.3, -0.25) is 9.69 Å². The van der Waals surface area contributed by atoms with Crippen molar-refractivity contribution in [1.82, 2.24) is 4.90 Å². The lowest BCUT2D eigenvalue weighted by molar-refractivity contribution is -0.0784. The molecule has 0 amide bonds. The number of thiophene rings is 1. The quantitative estimate of drug-likeness (QED) is 0.862. The molecule has 0 atom stereocenters. The Kier molecular flexibility index (Phi) is 2.98. The second-order valence-corrected chi connectivity index (χ2v) is 5.93. The second kappa shape index (κ2) is 3.97. The molecule has 0 spiro atoms. The number of halogens is 1. The third-order valence-corrected chi connectivity index (χ3v) is 4.24. The van der Waals surface area contributed by atoms with E-state index in [4.69, 9.17) is 0 Å². The first-order valence-electron chi connectivity index (χ1n) is 4.69. The van der Waals surface area contributed by atoms with Crippen molar-refractivity contribution >= 4 is 33.0 Å². The van der Waals surface area contributed by atoms with Gasteiger partial charge in [0.15, 0.2) is 5.78 Å². The average molecular weight is 290 g/mol. The fourth-order valence-corrected chi connectivity index (χ4v) is 3.32. The lowest BCUT2D eigenvalue weighted by atomic mass is 9.97. The minimum atomic E-state index is -0.604. The van der Waals surface area contributed by atoms with Gasteiger partial charge in [-0.2, -0.15) is 0 Å². The first kappa shape index (κ1) is 11.3. The molecule has 0 saturated carbocycles. The van der Waals surface area contributed by atoms with Crippen molar-refractivity contribution in [3.63, 3.8) is 0 Å². The summed E-state index contributed by atoms with van der Waals surface area (Å²) in [6, 6.07) is 1.88. The molecule has 1 saturated heterocycles. The summed E-state index contributed by atoms with van der Waals surface area (Å²) in [7, 11) is 0. The van der Waals surface area contributed by atoms with Gasteiger partial charge < -0.3 is 5.11 Å². The third-order valence-electron chi connectivity index (χ3n) is 2.37. The standard InChI is InChI=1S/C10H12BrNO2S/c1-10(14)5-12(6-10)4-8(13)9-7(11)2-3-15-9/h2-3,14H,4-6H2,1H3. The monoisotopic (exact) mass is 289 g/mol. The van der Waals surface area contributed by atoms with Crippen LogP contribution in [0, 0.1) is 0 Å². The van der Waals surface area contributed by atoms with E-state index >= 15 is 0 Å². The van der Waals surface area contributed by atoms with Crippen LogP contribution in [0.5, 0.6) is 0 Å². The van der Waals surface area contributed by atoms with Crippen LogP contribution in [0.3, 0.4) is 0 Å². The Bertz CT molecular complexity index is 381. The number of likely N-dealkylation sites (tertiary alicyclic amines) is 1. The Morgan fingerprint density at radius 1 is 1.73 bits per heavy atom. The van der Waals surface area contributed by atoms with Crippen LogP contribution in [0.4, 0.5) is 0 Å². The van der Waals surface area contributed by atoms with Gasteiger partial charge in [-0.25, -0.2) is 0 Å². The van der Waals surface area contributed by atoms with E-state index < -0.39 is 5.60 Å². The predicted molar refractivity (Wildman–Crippen MR) is 63.4 cm³/mol. The summed E-state index contributed by atoms with van der Waals surface area (Å²) < 4.78 is 0.866.